The molecule has 4 nitrogen and oxygen atoms in total. The molecule has 84 valence electrons. The Bertz CT molecular complexity index is 137. The van der Waals surface area contributed by atoms with Crippen LogP contribution in [0.5, 0.6) is 0 Å². The first-order valence-corrected chi connectivity index (χ1v) is 5.28. The van der Waals surface area contributed by atoms with Crippen molar-refractivity contribution in [3.05, 3.63) is 0 Å². The molecule has 0 saturated carbocycles. The number of rotatable bonds is 7. The number of nitrogens with one attached hydrogen (secondary N) is 1. The molecular weight excluding hydrogens is 182 g/mol. The molecule has 14 heavy (non-hydrogen) atoms. The van der Waals surface area contributed by atoms with Crippen LogP contribution in [-0.4, -0.2) is 51.2 Å². The minimum atomic E-state index is -0.340. The van der Waals surface area contributed by atoms with E-state index >= 15 is 0 Å². The normalized spacial score (nSPS) is 24.0. The van der Waals surface area contributed by atoms with Gasteiger partial charge in [-0.25, -0.2) is 0 Å². The third-order valence-corrected chi connectivity index (χ3v) is 2.47. The van der Waals surface area contributed by atoms with E-state index in [4.69, 9.17) is 9.47 Å². The van der Waals surface area contributed by atoms with Crippen LogP contribution in [-0.2, 0) is 9.47 Å². The van der Waals surface area contributed by atoms with Gasteiger partial charge in [0.25, 0.3) is 0 Å². The van der Waals surface area contributed by atoms with Crippen molar-refractivity contribution in [2.45, 2.75) is 18.9 Å². The average Bonchev–Trinajstić information content (AvgIpc) is 2.65. The highest BCUT2D eigenvalue weighted by Gasteiger charge is 2.14. The number of aliphatic hydroxyl groups excluding tert-OH is 1. The maximum atomic E-state index is 9.35. The highest BCUT2D eigenvalue weighted by molar-refractivity contribution is 4.67. The lowest BCUT2D eigenvalue weighted by Gasteiger charge is -2.12. The molecule has 0 amide bonds. The topological polar surface area (TPSA) is 50.7 Å². The fraction of sp³-hybridized carbons (Fsp3) is 1.00. The zero-order valence-corrected chi connectivity index (χ0v) is 8.87. The second-order valence-corrected chi connectivity index (χ2v) is 3.83. The summed E-state index contributed by atoms with van der Waals surface area (Å²) in [5.74, 6) is 0.662. The first-order chi connectivity index (χ1) is 6.83. The predicted octanol–water partition coefficient (Wildman–Crippen LogP) is 0.00990. The lowest BCUT2D eigenvalue weighted by atomic mass is 10.1. The summed E-state index contributed by atoms with van der Waals surface area (Å²) in [5.41, 5.74) is 0. The van der Waals surface area contributed by atoms with Crippen LogP contribution in [0.2, 0.25) is 0 Å². The van der Waals surface area contributed by atoms with Crippen molar-refractivity contribution in [3.8, 4) is 0 Å². The van der Waals surface area contributed by atoms with Crippen LogP contribution >= 0.6 is 0 Å². The van der Waals surface area contributed by atoms with Crippen molar-refractivity contribution in [2.75, 3.05) is 40.0 Å². The first-order valence-electron chi connectivity index (χ1n) is 5.28. The minimum absolute atomic E-state index is 0.340. The maximum Gasteiger partial charge on any atom is 0.0785 e. The van der Waals surface area contributed by atoms with Crippen LogP contribution in [0.3, 0.4) is 0 Å². The van der Waals surface area contributed by atoms with E-state index in [1.807, 2.05) is 0 Å². The van der Waals surface area contributed by atoms with E-state index in [1.54, 1.807) is 7.11 Å². The third kappa shape index (κ3) is 4.91. The fourth-order valence-corrected chi connectivity index (χ4v) is 1.59. The van der Waals surface area contributed by atoms with Crippen LogP contribution in [0.25, 0.3) is 0 Å². The number of aliphatic hydroxyl groups is 1. The molecule has 0 spiro atoms. The molecule has 0 aromatic rings. The summed E-state index contributed by atoms with van der Waals surface area (Å²) in [6.45, 7) is 4.06. The van der Waals surface area contributed by atoms with E-state index in [0.29, 0.717) is 12.5 Å². The van der Waals surface area contributed by atoms with Crippen LogP contribution in [0, 0.1) is 5.92 Å². The standard InChI is InChI=1S/C10H21NO3/c1-13-8-10(12)2-4-11-6-9-3-5-14-7-9/h9-12H,2-8H2,1H3. The van der Waals surface area contributed by atoms with Gasteiger partial charge in [0, 0.05) is 20.3 Å². The summed E-state index contributed by atoms with van der Waals surface area (Å²) in [5, 5.41) is 12.7. The van der Waals surface area contributed by atoms with Crippen LogP contribution in [0.1, 0.15) is 12.8 Å². The Labute approximate surface area is 85.6 Å². The smallest absolute Gasteiger partial charge is 0.0785 e. The summed E-state index contributed by atoms with van der Waals surface area (Å²) < 4.78 is 10.1. The third-order valence-electron chi connectivity index (χ3n) is 2.47. The molecule has 2 atom stereocenters. The van der Waals surface area contributed by atoms with Gasteiger partial charge in [-0.2, -0.15) is 0 Å². The molecule has 1 aliphatic rings. The average molecular weight is 203 g/mol. The zero-order chi connectivity index (χ0) is 10.2. The molecule has 0 radical (unpaired) electrons. The first kappa shape index (κ1) is 11.9. The number of hydrogen-bond donors (Lipinski definition) is 2. The van der Waals surface area contributed by atoms with Crippen LogP contribution < -0.4 is 5.32 Å². The van der Waals surface area contributed by atoms with Crippen molar-refractivity contribution >= 4 is 0 Å². The van der Waals surface area contributed by atoms with Crippen LogP contribution in [0.15, 0.2) is 0 Å². The van der Waals surface area contributed by atoms with Gasteiger partial charge in [0.05, 0.1) is 19.3 Å². The Kier molecular flexibility index (Phi) is 6.10. The van der Waals surface area contributed by atoms with E-state index in [1.165, 1.54) is 0 Å². The molecule has 1 fully saturated rings. The minimum Gasteiger partial charge on any atom is -0.391 e. The van der Waals surface area contributed by atoms with Gasteiger partial charge in [-0.1, -0.05) is 0 Å². The van der Waals surface area contributed by atoms with Gasteiger partial charge < -0.3 is 19.9 Å². The van der Waals surface area contributed by atoms with Crippen molar-refractivity contribution in [1.29, 1.82) is 0 Å². The lowest BCUT2D eigenvalue weighted by Crippen LogP contribution is -2.27. The molecular formula is C10H21NO3. The highest BCUT2D eigenvalue weighted by atomic mass is 16.5. The molecule has 1 heterocycles. The Morgan fingerprint density at radius 1 is 1.64 bits per heavy atom. The van der Waals surface area contributed by atoms with E-state index < -0.39 is 0 Å². The largest absolute Gasteiger partial charge is 0.391 e. The van der Waals surface area contributed by atoms with E-state index in [0.717, 1.165) is 39.1 Å². The molecule has 0 aliphatic carbocycles. The molecule has 1 rings (SSSR count). The van der Waals surface area contributed by atoms with Crippen molar-refractivity contribution in [2.24, 2.45) is 5.92 Å². The molecule has 1 aliphatic heterocycles. The molecule has 4 heteroatoms. The molecule has 0 aromatic heterocycles. The van der Waals surface area contributed by atoms with Crippen molar-refractivity contribution < 1.29 is 14.6 Å². The van der Waals surface area contributed by atoms with Gasteiger partial charge in [-0.3, -0.25) is 0 Å². The van der Waals surface area contributed by atoms with Gasteiger partial charge in [0.2, 0.25) is 0 Å². The Balaban J connectivity index is 1.88. The molecule has 2 unspecified atom stereocenters. The monoisotopic (exact) mass is 203 g/mol. The number of methoxy groups -OCH3 is 1. The van der Waals surface area contributed by atoms with Gasteiger partial charge in [0.15, 0.2) is 0 Å². The van der Waals surface area contributed by atoms with Gasteiger partial charge in [0.1, 0.15) is 0 Å². The van der Waals surface area contributed by atoms with E-state index in [2.05, 4.69) is 5.32 Å². The lowest BCUT2D eigenvalue weighted by molar-refractivity contribution is 0.0593. The van der Waals surface area contributed by atoms with Gasteiger partial charge in [-0.15, -0.1) is 0 Å². The number of ether oxygens (including phenoxy) is 2. The van der Waals surface area contributed by atoms with E-state index in [-0.39, 0.29) is 6.10 Å². The Morgan fingerprint density at radius 3 is 3.14 bits per heavy atom. The highest BCUT2D eigenvalue weighted by Crippen LogP contribution is 2.10. The van der Waals surface area contributed by atoms with Crippen molar-refractivity contribution in [1.82, 2.24) is 5.32 Å². The van der Waals surface area contributed by atoms with Gasteiger partial charge >= 0.3 is 0 Å². The molecule has 1 saturated heterocycles. The second kappa shape index (κ2) is 7.17. The van der Waals surface area contributed by atoms with Crippen LogP contribution in [0.4, 0.5) is 0 Å². The summed E-state index contributed by atoms with van der Waals surface area (Å²) >= 11 is 0. The quantitative estimate of drug-likeness (QED) is 0.572. The summed E-state index contributed by atoms with van der Waals surface area (Å²) in [6, 6.07) is 0. The summed E-state index contributed by atoms with van der Waals surface area (Å²) in [4.78, 5) is 0. The zero-order valence-electron chi connectivity index (χ0n) is 8.87. The Morgan fingerprint density at radius 2 is 2.50 bits per heavy atom. The maximum absolute atomic E-state index is 9.35. The number of hydrogen-bond acceptors (Lipinski definition) is 4. The van der Waals surface area contributed by atoms with E-state index in [9.17, 15) is 5.11 Å². The predicted molar refractivity (Wildman–Crippen MR) is 54.3 cm³/mol. The molecule has 0 bridgehead atoms. The second-order valence-electron chi connectivity index (χ2n) is 3.83. The van der Waals surface area contributed by atoms with Gasteiger partial charge in [-0.05, 0) is 25.3 Å². The molecule has 2 N–H and O–H groups in total. The Hall–Kier alpha value is -0.160. The summed E-state index contributed by atoms with van der Waals surface area (Å²) in [6.07, 6.45) is 1.57. The molecule has 0 aromatic carbocycles. The summed E-state index contributed by atoms with van der Waals surface area (Å²) in [7, 11) is 1.60. The fourth-order valence-electron chi connectivity index (χ4n) is 1.59. The van der Waals surface area contributed by atoms with Crippen molar-refractivity contribution in [3.63, 3.8) is 0 Å². The SMILES string of the molecule is COCC(O)CCNCC1CCOC1.